The maximum atomic E-state index is 13.5. The quantitative estimate of drug-likeness (QED) is 0.657. The highest BCUT2D eigenvalue weighted by molar-refractivity contribution is 7.89. The summed E-state index contributed by atoms with van der Waals surface area (Å²) in [4.78, 5) is 28.4. The summed E-state index contributed by atoms with van der Waals surface area (Å²) in [6.45, 7) is 3.45. The van der Waals surface area contributed by atoms with Crippen LogP contribution in [0.4, 0.5) is 8.78 Å². The van der Waals surface area contributed by atoms with Gasteiger partial charge in [-0.05, 0) is 38.0 Å². The molecule has 0 spiro atoms. The van der Waals surface area contributed by atoms with Gasteiger partial charge in [0.1, 0.15) is 0 Å². The van der Waals surface area contributed by atoms with Crippen LogP contribution in [0.5, 0.6) is 0 Å². The van der Waals surface area contributed by atoms with Crippen LogP contribution in [0.15, 0.2) is 33.7 Å². The van der Waals surface area contributed by atoms with E-state index in [4.69, 9.17) is 4.52 Å². The number of nitrogens with zero attached hydrogens (tertiary/aromatic N) is 4. The Balaban J connectivity index is 1.31. The van der Waals surface area contributed by atoms with Crippen molar-refractivity contribution >= 4 is 21.8 Å². The molecule has 0 radical (unpaired) electrons. The van der Waals surface area contributed by atoms with Crippen LogP contribution in [-0.2, 0) is 14.8 Å². The maximum absolute atomic E-state index is 13.5. The molecule has 2 fully saturated rings. The standard InChI is InChI=1S/C21H24F2N4O5S/c1-14-12-19(32-24-14)21(29)26-10-8-25(9-11-26)20(28)15-4-6-27(7-5-15)33(30,31)16-2-3-17(22)18(23)13-16/h2-3,12-13,15H,4-11H2,1H3. The number of piperidine rings is 1. The second kappa shape index (κ2) is 9.18. The Hall–Kier alpha value is -2.86. The summed E-state index contributed by atoms with van der Waals surface area (Å²) in [5, 5.41) is 3.72. The van der Waals surface area contributed by atoms with Crippen LogP contribution >= 0.6 is 0 Å². The molecule has 0 unspecified atom stereocenters. The highest BCUT2D eigenvalue weighted by atomic mass is 32.2. The number of benzene rings is 1. The van der Waals surface area contributed by atoms with Crippen LogP contribution in [0.2, 0.25) is 0 Å². The van der Waals surface area contributed by atoms with Crippen molar-refractivity contribution in [2.24, 2.45) is 5.92 Å². The molecule has 4 rings (SSSR count). The molecule has 9 nitrogen and oxygen atoms in total. The predicted octanol–water partition coefficient (Wildman–Crippen LogP) is 1.65. The Labute approximate surface area is 190 Å². The Morgan fingerprint density at radius 1 is 0.970 bits per heavy atom. The minimum Gasteiger partial charge on any atom is -0.351 e. The largest absolute Gasteiger partial charge is 0.351 e. The van der Waals surface area contributed by atoms with Crippen LogP contribution < -0.4 is 0 Å². The molecular formula is C21H24F2N4O5S. The monoisotopic (exact) mass is 482 g/mol. The lowest BCUT2D eigenvalue weighted by atomic mass is 9.96. The van der Waals surface area contributed by atoms with Gasteiger partial charge in [-0.3, -0.25) is 9.59 Å². The number of rotatable bonds is 4. The van der Waals surface area contributed by atoms with Crippen molar-refractivity contribution in [1.82, 2.24) is 19.3 Å². The fraction of sp³-hybridized carbons (Fsp3) is 0.476. The van der Waals surface area contributed by atoms with Crippen LogP contribution in [-0.4, -0.2) is 78.8 Å². The van der Waals surface area contributed by atoms with E-state index < -0.39 is 21.7 Å². The minimum absolute atomic E-state index is 0.0671. The SMILES string of the molecule is Cc1cc(C(=O)N2CCN(C(=O)C3CCN(S(=O)(=O)c4ccc(F)c(F)c4)CC3)CC2)on1. The molecule has 0 N–H and O–H groups in total. The summed E-state index contributed by atoms with van der Waals surface area (Å²) in [6.07, 6.45) is 0.663. The fourth-order valence-corrected chi connectivity index (χ4v) is 5.62. The van der Waals surface area contributed by atoms with Gasteiger partial charge in [0.2, 0.25) is 21.7 Å². The van der Waals surface area contributed by atoms with Gasteiger partial charge in [0.05, 0.1) is 10.6 Å². The van der Waals surface area contributed by atoms with Gasteiger partial charge in [0.15, 0.2) is 11.6 Å². The molecule has 2 aliphatic rings. The van der Waals surface area contributed by atoms with Gasteiger partial charge in [0, 0.05) is 51.3 Å². The van der Waals surface area contributed by atoms with E-state index in [0.29, 0.717) is 50.8 Å². The molecule has 2 aromatic rings. The number of hydrogen-bond acceptors (Lipinski definition) is 6. The van der Waals surface area contributed by atoms with E-state index in [9.17, 15) is 26.8 Å². The number of piperazine rings is 1. The molecule has 2 saturated heterocycles. The Morgan fingerprint density at radius 3 is 2.18 bits per heavy atom. The number of sulfonamides is 1. The van der Waals surface area contributed by atoms with Gasteiger partial charge < -0.3 is 14.3 Å². The average Bonchev–Trinajstić information content (AvgIpc) is 3.26. The van der Waals surface area contributed by atoms with Crippen molar-refractivity contribution < 1.29 is 31.3 Å². The third-order valence-corrected chi connectivity index (χ3v) is 7.94. The molecule has 1 aromatic carbocycles. The molecule has 33 heavy (non-hydrogen) atoms. The molecule has 0 bridgehead atoms. The first kappa shape index (κ1) is 23.3. The van der Waals surface area contributed by atoms with Gasteiger partial charge in [-0.25, -0.2) is 17.2 Å². The summed E-state index contributed by atoms with van der Waals surface area (Å²) in [6, 6.07) is 4.06. The number of aryl methyl sites for hydroxylation is 1. The molecule has 1 aromatic heterocycles. The Kier molecular flexibility index (Phi) is 6.48. The summed E-state index contributed by atoms with van der Waals surface area (Å²) in [5.41, 5.74) is 0.616. The van der Waals surface area contributed by atoms with Crippen LogP contribution in [0.3, 0.4) is 0 Å². The van der Waals surface area contributed by atoms with Gasteiger partial charge in [0.25, 0.3) is 5.91 Å². The lowest BCUT2D eigenvalue weighted by Gasteiger charge is -2.38. The molecule has 2 amide bonds. The van der Waals surface area contributed by atoms with Gasteiger partial charge in [-0.2, -0.15) is 4.31 Å². The lowest BCUT2D eigenvalue weighted by molar-refractivity contribution is -0.138. The van der Waals surface area contributed by atoms with E-state index >= 15 is 0 Å². The number of hydrogen-bond donors (Lipinski definition) is 0. The zero-order chi connectivity index (χ0) is 23.8. The summed E-state index contributed by atoms with van der Waals surface area (Å²) in [7, 11) is -3.97. The Bertz CT molecular complexity index is 1150. The number of carbonyl (C=O) groups excluding carboxylic acids is 2. The van der Waals surface area contributed by atoms with E-state index in [1.807, 2.05) is 0 Å². The van der Waals surface area contributed by atoms with Crippen molar-refractivity contribution in [3.05, 3.63) is 47.4 Å². The van der Waals surface area contributed by atoms with E-state index in [0.717, 1.165) is 12.1 Å². The summed E-state index contributed by atoms with van der Waals surface area (Å²) >= 11 is 0. The summed E-state index contributed by atoms with van der Waals surface area (Å²) < 4.78 is 58.3. The molecule has 0 aliphatic carbocycles. The van der Waals surface area contributed by atoms with Crippen LogP contribution in [0.25, 0.3) is 0 Å². The van der Waals surface area contributed by atoms with Crippen molar-refractivity contribution in [3.8, 4) is 0 Å². The smallest absolute Gasteiger partial charge is 0.292 e. The minimum atomic E-state index is -3.97. The number of aromatic nitrogens is 1. The highest BCUT2D eigenvalue weighted by Gasteiger charge is 2.35. The molecule has 12 heteroatoms. The average molecular weight is 483 g/mol. The molecule has 0 atom stereocenters. The first-order valence-corrected chi connectivity index (χ1v) is 12.1. The molecular weight excluding hydrogens is 458 g/mol. The zero-order valence-electron chi connectivity index (χ0n) is 18.0. The van der Waals surface area contributed by atoms with Gasteiger partial charge in [-0.15, -0.1) is 0 Å². The third-order valence-electron chi connectivity index (χ3n) is 6.05. The predicted molar refractivity (Wildman–Crippen MR) is 112 cm³/mol. The third kappa shape index (κ3) is 4.76. The van der Waals surface area contributed by atoms with Crippen molar-refractivity contribution in [2.75, 3.05) is 39.3 Å². The highest BCUT2D eigenvalue weighted by Crippen LogP contribution is 2.26. The lowest BCUT2D eigenvalue weighted by Crippen LogP contribution is -2.53. The normalized spacial score (nSPS) is 18.5. The number of amides is 2. The van der Waals surface area contributed by atoms with E-state index in [1.165, 1.54) is 4.31 Å². The molecule has 0 saturated carbocycles. The maximum Gasteiger partial charge on any atom is 0.292 e. The second-order valence-electron chi connectivity index (χ2n) is 8.20. The van der Waals surface area contributed by atoms with Crippen LogP contribution in [0, 0.1) is 24.5 Å². The first-order chi connectivity index (χ1) is 15.7. The zero-order valence-corrected chi connectivity index (χ0v) is 18.9. The van der Waals surface area contributed by atoms with E-state index in [2.05, 4.69) is 5.16 Å². The topological polar surface area (TPSA) is 104 Å². The first-order valence-electron chi connectivity index (χ1n) is 10.6. The van der Waals surface area contributed by atoms with Crippen molar-refractivity contribution in [2.45, 2.75) is 24.7 Å². The van der Waals surface area contributed by atoms with E-state index in [1.54, 1.807) is 22.8 Å². The van der Waals surface area contributed by atoms with Gasteiger partial charge >= 0.3 is 0 Å². The number of halogens is 2. The Morgan fingerprint density at radius 2 is 1.61 bits per heavy atom. The van der Waals surface area contributed by atoms with Crippen LogP contribution in [0.1, 0.15) is 29.1 Å². The van der Waals surface area contributed by atoms with Gasteiger partial charge in [-0.1, -0.05) is 5.16 Å². The van der Waals surface area contributed by atoms with Crippen molar-refractivity contribution in [3.63, 3.8) is 0 Å². The second-order valence-corrected chi connectivity index (χ2v) is 10.1. The summed E-state index contributed by atoms with van der Waals surface area (Å²) in [5.74, 6) is -2.84. The fourth-order valence-electron chi connectivity index (χ4n) is 4.14. The molecule has 2 aliphatic heterocycles. The molecule has 3 heterocycles. The van der Waals surface area contributed by atoms with Crippen molar-refractivity contribution in [1.29, 1.82) is 0 Å². The van der Waals surface area contributed by atoms with E-state index in [-0.39, 0.29) is 41.5 Å². The number of carbonyl (C=O) groups is 2. The molecule has 178 valence electrons.